The predicted molar refractivity (Wildman–Crippen MR) is 77.0 cm³/mol. The van der Waals surface area contributed by atoms with Gasteiger partial charge in [-0.25, -0.2) is 4.39 Å². The second-order valence-electron chi connectivity index (χ2n) is 5.98. The maximum atomic E-state index is 14.7. The van der Waals surface area contributed by atoms with Crippen LogP contribution in [0.5, 0.6) is 0 Å². The summed E-state index contributed by atoms with van der Waals surface area (Å²) in [5.41, 5.74) is 0.799. The first-order valence-electron chi connectivity index (χ1n) is 7.25. The Kier molecular flexibility index (Phi) is 2.51. The van der Waals surface area contributed by atoms with Gasteiger partial charge in [0.05, 0.1) is 5.69 Å². The first-order chi connectivity index (χ1) is 9.33. The molecule has 1 saturated carbocycles. The van der Waals surface area contributed by atoms with E-state index in [9.17, 15) is 4.39 Å². The molecule has 2 aromatic carbocycles. The first-order valence-corrected chi connectivity index (χ1v) is 7.25. The lowest BCUT2D eigenvalue weighted by molar-refractivity contribution is 0.494. The molecule has 0 amide bonds. The van der Waals surface area contributed by atoms with Crippen LogP contribution in [0.25, 0.3) is 10.8 Å². The first kappa shape index (κ1) is 11.3. The van der Waals surface area contributed by atoms with Crippen molar-refractivity contribution in [3.05, 3.63) is 42.2 Å². The fourth-order valence-electron chi connectivity index (χ4n) is 3.90. The molecule has 0 aromatic heterocycles. The van der Waals surface area contributed by atoms with Crippen molar-refractivity contribution in [1.82, 2.24) is 0 Å². The van der Waals surface area contributed by atoms with Crippen LogP contribution < -0.4 is 4.90 Å². The number of hydrogen-bond donors (Lipinski definition) is 0. The van der Waals surface area contributed by atoms with E-state index >= 15 is 0 Å². The Bertz CT molecular complexity index is 610. The molecule has 0 spiro atoms. The van der Waals surface area contributed by atoms with Crippen molar-refractivity contribution in [1.29, 1.82) is 0 Å². The molecule has 0 bridgehead atoms. The second kappa shape index (κ2) is 4.22. The van der Waals surface area contributed by atoms with Crippen LogP contribution in [0, 0.1) is 17.7 Å². The molecule has 98 valence electrons. The number of benzene rings is 2. The Balaban J connectivity index is 1.74. The summed E-state index contributed by atoms with van der Waals surface area (Å²) in [5, 5.41) is 1.74. The van der Waals surface area contributed by atoms with Gasteiger partial charge in [-0.15, -0.1) is 0 Å². The fourth-order valence-corrected chi connectivity index (χ4v) is 3.90. The van der Waals surface area contributed by atoms with Gasteiger partial charge in [0.25, 0.3) is 0 Å². The quantitative estimate of drug-likeness (QED) is 0.737. The van der Waals surface area contributed by atoms with Crippen LogP contribution in [0.15, 0.2) is 36.4 Å². The van der Waals surface area contributed by atoms with Crippen molar-refractivity contribution in [2.24, 2.45) is 11.8 Å². The Labute approximate surface area is 113 Å². The molecular formula is C17H18FN. The summed E-state index contributed by atoms with van der Waals surface area (Å²) in [6.07, 6.45) is 4.02. The smallest absolute Gasteiger partial charge is 0.154 e. The van der Waals surface area contributed by atoms with Crippen molar-refractivity contribution in [2.45, 2.75) is 19.3 Å². The molecule has 1 saturated heterocycles. The number of hydrogen-bond acceptors (Lipinski definition) is 1. The average molecular weight is 255 g/mol. The highest BCUT2D eigenvalue weighted by molar-refractivity contribution is 5.86. The van der Waals surface area contributed by atoms with E-state index in [1.165, 1.54) is 19.3 Å². The monoisotopic (exact) mass is 255 g/mol. The van der Waals surface area contributed by atoms with Crippen LogP contribution in [0.4, 0.5) is 10.1 Å². The van der Waals surface area contributed by atoms with Gasteiger partial charge >= 0.3 is 0 Å². The van der Waals surface area contributed by atoms with Gasteiger partial charge in [0, 0.05) is 18.5 Å². The van der Waals surface area contributed by atoms with Crippen LogP contribution in [0.3, 0.4) is 0 Å². The van der Waals surface area contributed by atoms with Gasteiger partial charge in [-0.1, -0.05) is 36.8 Å². The van der Waals surface area contributed by atoms with Gasteiger partial charge in [0.2, 0.25) is 0 Å². The van der Waals surface area contributed by atoms with Crippen molar-refractivity contribution in [3.63, 3.8) is 0 Å². The summed E-state index contributed by atoms with van der Waals surface area (Å²) in [6.45, 7) is 2.08. The summed E-state index contributed by atoms with van der Waals surface area (Å²) >= 11 is 0. The van der Waals surface area contributed by atoms with Crippen LogP contribution >= 0.6 is 0 Å². The molecule has 1 heterocycles. The Morgan fingerprint density at radius 2 is 1.68 bits per heavy atom. The highest BCUT2D eigenvalue weighted by Crippen LogP contribution is 2.40. The van der Waals surface area contributed by atoms with E-state index < -0.39 is 0 Å². The SMILES string of the molecule is Fc1c(N2CC3CCCC3C2)ccc2ccccc12. The van der Waals surface area contributed by atoms with Crippen LogP contribution in [-0.2, 0) is 0 Å². The van der Waals surface area contributed by atoms with Crippen LogP contribution in [-0.4, -0.2) is 13.1 Å². The zero-order valence-electron chi connectivity index (χ0n) is 11.0. The van der Waals surface area contributed by atoms with Crippen LogP contribution in [0.1, 0.15) is 19.3 Å². The van der Waals surface area contributed by atoms with Gasteiger partial charge in [0.15, 0.2) is 5.82 Å². The third-order valence-corrected chi connectivity index (χ3v) is 4.91. The number of fused-ring (bicyclic) bond motifs is 2. The van der Waals surface area contributed by atoms with Crippen molar-refractivity contribution in [2.75, 3.05) is 18.0 Å². The molecule has 2 fully saturated rings. The maximum absolute atomic E-state index is 14.7. The Hall–Kier alpha value is -1.57. The van der Waals surface area contributed by atoms with E-state index in [4.69, 9.17) is 0 Å². The third-order valence-electron chi connectivity index (χ3n) is 4.91. The molecule has 1 nitrogen and oxygen atoms in total. The van der Waals surface area contributed by atoms with E-state index in [0.29, 0.717) is 0 Å². The molecule has 2 aliphatic rings. The molecule has 4 rings (SSSR count). The van der Waals surface area contributed by atoms with E-state index in [1.807, 2.05) is 36.4 Å². The minimum Gasteiger partial charge on any atom is -0.369 e. The van der Waals surface area contributed by atoms with Gasteiger partial charge in [0.1, 0.15) is 0 Å². The lowest BCUT2D eigenvalue weighted by Gasteiger charge is -2.21. The molecule has 1 aliphatic carbocycles. The van der Waals surface area contributed by atoms with E-state index in [0.717, 1.165) is 41.4 Å². The topological polar surface area (TPSA) is 3.24 Å². The molecule has 1 aliphatic heterocycles. The molecule has 0 radical (unpaired) electrons. The van der Waals surface area contributed by atoms with Gasteiger partial charge in [-0.2, -0.15) is 0 Å². The van der Waals surface area contributed by atoms with E-state index in [1.54, 1.807) is 0 Å². The maximum Gasteiger partial charge on any atom is 0.154 e. The number of anilines is 1. The molecule has 2 atom stereocenters. The van der Waals surface area contributed by atoms with Crippen molar-refractivity contribution < 1.29 is 4.39 Å². The number of nitrogens with zero attached hydrogens (tertiary/aromatic N) is 1. The fraction of sp³-hybridized carbons (Fsp3) is 0.412. The second-order valence-corrected chi connectivity index (χ2v) is 5.98. The number of rotatable bonds is 1. The van der Waals surface area contributed by atoms with Gasteiger partial charge in [-0.3, -0.25) is 0 Å². The lowest BCUT2D eigenvalue weighted by Crippen LogP contribution is -2.21. The highest BCUT2D eigenvalue weighted by Gasteiger charge is 2.36. The molecule has 2 unspecified atom stereocenters. The summed E-state index contributed by atoms with van der Waals surface area (Å²) in [5.74, 6) is 1.55. The minimum atomic E-state index is -0.0435. The van der Waals surface area contributed by atoms with Gasteiger partial charge < -0.3 is 4.90 Å². The Morgan fingerprint density at radius 3 is 2.47 bits per heavy atom. The summed E-state index contributed by atoms with van der Waals surface area (Å²) in [7, 11) is 0. The van der Waals surface area contributed by atoms with Crippen molar-refractivity contribution in [3.8, 4) is 0 Å². The lowest BCUT2D eigenvalue weighted by atomic mass is 10.0. The molecule has 2 aromatic rings. The highest BCUT2D eigenvalue weighted by atomic mass is 19.1. The zero-order chi connectivity index (χ0) is 12.8. The Morgan fingerprint density at radius 1 is 0.947 bits per heavy atom. The number of halogens is 1. The van der Waals surface area contributed by atoms with Crippen LogP contribution in [0.2, 0.25) is 0 Å². The molecule has 19 heavy (non-hydrogen) atoms. The summed E-state index contributed by atoms with van der Waals surface area (Å²) in [6, 6.07) is 11.7. The average Bonchev–Trinajstić information content (AvgIpc) is 3.00. The van der Waals surface area contributed by atoms with E-state index in [-0.39, 0.29) is 5.82 Å². The van der Waals surface area contributed by atoms with E-state index in [2.05, 4.69) is 4.90 Å². The normalized spacial score (nSPS) is 26.1. The zero-order valence-corrected chi connectivity index (χ0v) is 11.0. The predicted octanol–water partition coefficient (Wildman–Crippen LogP) is 4.22. The molecule has 0 N–H and O–H groups in total. The summed E-state index contributed by atoms with van der Waals surface area (Å²) in [4.78, 5) is 2.26. The van der Waals surface area contributed by atoms with Gasteiger partial charge in [-0.05, 0) is 36.1 Å². The molecular weight excluding hydrogens is 237 g/mol. The largest absolute Gasteiger partial charge is 0.369 e. The summed E-state index contributed by atoms with van der Waals surface area (Å²) < 4.78 is 14.7. The minimum absolute atomic E-state index is 0.0435. The van der Waals surface area contributed by atoms with Crippen molar-refractivity contribution >= 4 is 16.5 Å². The third kappa shape index (κ3) is 1.73. The molecule has 2 heteroatoms. The standard InChI is InChI=1S/C17H18FN/c18-17-15-7-2-1-4-12(15)8-9-16(17)19-10-13-5-3-6-14(13)11-19/h1-2,4,7-9,13-14H,3,5-6,10-11H2.